The van der Waals surface area contributed by atoms with Gasteiger partial charge in [-0.15, -0.1) is 0 Å². The van der Waals surface area contributed by atoms with Gasteiger partial charge in [0.1, 0.15) is 0 Å². The quantitative estimate of drug-likeness (QED) is 0.785. The fraction of sp³-hybridized carbons (Fsp3) is 1.00. The number of rotatable bonds is 7. The van der Waals surface area contributed by atoms with Crippen molar-refractivity contribution in [1.82, 2.24) is 9.80 Å². The molecule has 0 radical (unpaired) electrons. The lowest BCUT2D eigenvalue weighted by molar-refractivity contribution is -0.151. The number of halogens is 3. The molecular weight excluding hydrogens is 279 g/mol. The van der Waals surface area contributed by atoms with Crippen LogP contribution in [0.15, 0.2) is 0 Å². The Labute approximate surface area is 126 Å². The first-order valence-corrected chi connectivity index (χ1v) is 8.00. The maximum absolute atomic E-state index is 12.4. The standard InChI is InChI=1S/C15H30F3N3/c1-4-13(3)10-14(5-2,11-19)21-8-6-20(7-9-21)12-15(16,17)18/h13H,4-12,19H2,1-3H3. The molecule has 0 bridgehead atoms. The molecule has 0 aromatic rings. The number of piperazine rings is 1. The average molecular weight is 309 g/mol. The van der Waals surface area contributed by atoms with E-state index in [1.54, 1.807) is 0 Å². The van der Waals surface area contributed by atoms with Gasteiger partial charge in [0, 0.05) is 38.3 Å². The summed E-state index contributed by atoms with van der Waals surface area (Å²) in [6.07, 6.45) is -1.02. The van der Waals surface area contributed by atoms with Gasteiger partial charge >= 0.3 is 6.18 Å². The van der Waals surface area contributed by atoms with Crippen molar-refractivity contribution in [2.45, 2.75) is 51.7 Å². The highest BCUT2D eigenvalue weighted by Crippen LogP contribution is 2.30. The lowest BCUT2D eigenvalue weighted by Crippen LogP contribution is -2.61. The second-order valence-electron chi connectivity index (χ2n) is 6.38. The Hall–Kier alpha value is -0.330. The highest BCUT2D eigenvalue weighted by atomic mass is 19.4. The molecule has 2 unspecified atom stereocenters. The van der Waals surface area contributed by atoms with Crippen LogP contribution in [-0.4, -0.2) is 60.8 Å². The highest BCUT2D eigenvalue weighted by molar-refractivity contribution is 4.94. The Balaban J connectivity index is 2.63. The fourth-order valence-corrected chi connectivity index (χ4v) is 3.28. The molecule has 0 aliphatic carbocycles. The Kier molecular flexibility index (Phi) is 6.94. The molecule has 1 rings (SSSR count). The Morgan fingerprint density at radius 3 is 2.05 bits per heavy atom. The first kappa shape index (κ1) is 18.7. The summed E-state index contributed by atoms with van der Waals surface area (Å²) in [5.74, 6) is 0.585. The maximum Gasteiger partial charge on any atom is 0.401 e. The molecule has 1 aliphatic rings. The monoisotopic (exact) mass is 309 g/mol. The van der Waals surface area contributed by atoms with Gasteiger partial charge in [0.05, 0.1) is 6.54 Å². The van der Waals surface area contributed by atoms with Crippen LogP contribution < -0.4 is 5.73 Å². The minimum absolute atomic E-state index is 0.0558. The molecule has 0 saturated carbocycles. The molecular formula is C15H30F3N3. The molecule has 126 valence electrons. The van der Waals surface area contributed by atoms with E-state index in [-0.39, 0.29) is 5.54 Å². The van der Waals surface area contributed by atoms with E-state index in [4.69, 9.17) is 5.73 Å². The molecule has 0 aromatic carbocycles. The summed E-state index contributed by atoms with van der Waals surface area (Å²) in [6, 6.07) is 0. The van der Waals surface area contributed by atoms with Gasteiger partial charge in [-0.05, 0) is 18.8 Å². The summed E-state index contributed by atoms with van der Waals surface area (Å²) in [7, 11) is 0. The number of alkyl halides is 3. The van der Waals surface area contributed by atoms with Crippen LogP contribution in [0.25, 0.3) is 0 Å². The summed E-state index contributed by atoms with van der Waals surface area (Å²) >= 11 is 0. The molecule has 21 heavy (non-hydrogen) atoms. The SMILES string of the molecule is CCC(C)CC(CC)(CN)N1CCN(CC(F)(F)F)CC1. The van der Waals surface area contributed by atoms with E-state index in [0.29, 0.717) is 38.6 Å². The molecule has 2 atom stereocenters. The summed E-state index contributed by atoms with van der Waals surface area (Å²) in [5, 5.41) is 0. The van der Waals surface area contributed by atoms with Crippen LogP contribution in [0.4, 0.5) is 13.2 Å². The van der Waals surface area contributed by atoms with Crippen molar-refractivity contribution < 1.29 is 13.2 Å². The van der Waals surface area contributed by atoms with Crippen molar-refractivity contribution in [2.75, 3.05) is 39.3 Å². The molecule has 0 spiro atoms. The van der Waals surface area contributed by atoms with Gasteiger partial charge in [-0.1, -0.05) is 27.2 Å². The Bertz CT molecular complexity index is 295. The van der Waals surface area contributed by atoms with Crippen LogP contribution in [-0.2, 0) is 0 Å². The first-order chi connectivity index (χ1) is 9.76. The number of hydrogen-bond acceptors (Lipinski definition) is 3. The smallest absolute Gasteiger partial charge is 0.329 e. The predicted octanol–water partition coefficient (Wildman–Crippen LogP) is 2.71. The second-order valence-corrected chi connectivity index (χ2v) is 6.38. The summed E-state index contributed by atoms with van der Waals surface area (Å²) in [6.45, 7) is 8.61. The third-order valence-corrected chi connectivity index (χ3v) is 4.91. The molecule has 0 aromatic heterocycles. The summed E-state index contributed by atoms with van der Waals surface area (Å²) in [4.78, 5) is 3.82. The Morgan fingerprint density at radius 2 is 1.67 bits per heavy atom. The normalized spacial score (nSPS) is 23.0. The molecule has 3 nitrogen and oxygen atoms in total. The van der Waals surface area contributed by atoms with E-state index < -0.39 is 12.7 Å². The average Bonchev–Trinajstić information content (AvgIpc) is 2.44. The van der Waals surface area contributed by atoms with E-state index >= 15 is 0 Å². The van der Waals surface area contributed by atoms with E-state index in [2.05, 4.69) is 25.7 Å². The molecule has 0 amide bonds. The summed E-state index contributed by atoms with van der Waals surface area (Å²) < 4.78 is 37.3. The van der Waals surface area contributed by atoms with E-state index in [1.165, 1.54) is 4.90 Å². The first-order valence-electron chi connectivity index (χ1n) is 8.00. The lowest BCUT2D eigenvalue weighted by Gasteiger charge is -2.48. The molecule has 1 heterocycles. The molecule has 1 fully saturated rings. The van der Waals surface area contributed by atoms with Gasteiger partial charge < -0.3 is 5.73 Å². The van der Waals surface area contributed by atoms with Gasteiger partial charge in [0.15, 0.2) is 0 Å². The van der Waals surface area contributed by atoms with Crippen LogP contribution in [0.1, 0.15) is 40.0 Å². The van der Waals surface area contributed by atoms with E-state index in [0.717, 1.165) is 19.3 Å². The third-order valence-electron chi connectivity index (χ3n) is 4.91. The van der Waals surface area contributed by atoms with Crippen LogP contribution in [0.2, 0.25) is 0 Å². The number of nitrogens with zero attached hydrogens (tertiary/aromatic N) is 2. The van der Waals surface area contributed by atoms with Gasteiger partial charge in [0.2, 0.25) is 0 Å². The second kappa shape index (κ2) is 7.79. The van der Waals surface area contributed by atoms with Gasteiger partial charge in [-0.3, -0.25) is 9.80 Å². The maximum atomic E-state index is 12.4. The van der Waals surface area contributed by atoms with Crippen molar-refractivity contribution in [1.29, 1.82) is 0 Å². The number of hydrogen-bond donors (Lipinski definition) is 1. The van der Waals surface area contributed by atoms with E-state index in [1.807, 2.05) is 0 Å². The van der Waals surface area contributed by atoms with Crippen molar-refractivity contribution in [3.05, 3.63) is 0 Å². The largest absolute Gasteiger partial charge is 0.401 e. The van der Waals surface area contributed by atoms with Crippen LogP contribution in [0, 0.1) is 5.92 Å². The minimum atomic E-state index is -4.10. The van der Waals surface area contributed by atoms with Gasteiger partial charge in [-0.2, -0.15) is 13.2 Å². The third kappa shape index (κ3) is 5.42. The van der Waals surface area contributed by atoms with Crippen LogP contribution in [0.5, 0.6) is 0 Å². The fourth-order valence-electron chi connectivity index (χ4n) is 3.28. The highest BCUT2D eigenvalue weighted by Gasteiger charge is 2.38. The van der Waals surface area contributed by atoms with Crippen molar-refractivity contribution in [3.63, 3.8) is 0 Å². The van der Waals surface area contributed by atoms with Crippen molar-refractivity contribution in [2.24, 2.45) is 11.7 Å². The van der Waals surface area contributed by atoms with E-state index in [9.17, 15) is 13.2 Å². The predicted molar refractivity (Wildman–Crippen MR) is 80.2 cm³/mol. The zero-order valence-electron chi connectivity index (χ0n) is 13.5. The topological polar surface area (TPSA) is 32.5 Å². The van der Waals surface area contributed by atoms with Crippen molar-refractivity contribution in [3.8, 4) is 0 Å². The van der Waals surface area contributed by atoms with Crippen molar-refractivity contribution >= 4 is 0 Å². The van der Waals surface area contributed by atoms with Gasteiger partial charge in [-0.25, -0.2) is 0 Å². The lowest BCUT2D eigenvalue weighted by atomic mass is 9.82. The number of nitrogens with two attached hydrogens (primary N) is 1. The minimum Gasteiger partial charge on any atom is -0.329 e. The van der Waals surface area contributed by atoms with Crippen LogP contribution in [0.3, 0.4) is 0 Å². The molecule has 1 saturated heterocycles. The molecule has 6 heteroatoms. The molecule has 1 aliphatic heterocycles. The molecule has 2 N–H and O–H groups in total. The zero-order chi connectivity index (χ0) is 16.1. The Morgan fingerprint density at radius 1 is 1.10 bits per heavy atom. The zero-order valence-corrected chi connectivity index (χ0v) is 13.5. The van der Waals surface area contributed by atoms with Gasteiger partial charge in [0.25, 0.3) is 0 Å². The summed E-state index contributed by atoms with van der Waals surface area (Å²) in [5.41, 5.74) is 6.00. The van der Waals surface area contributed by atoms with Crippen LogP contribution >= 0.6 is 0 Å².